The van der Waals surface area contributed by atoms with Gasteiger partial charge in [-0.05, 0) is 11.6 Å². The van der Waals surface area contributed by atoms with E-state index in [9.17, 15) is 4.79 Å². The Balaban J connectivity index is 1.69. The molecular formula is C9H13ClN4O2S. The van der Waals surface area contributed by atoms with Crippen LogP contribution in [0.2, 0.25) is 4.47 Å². The standard InChI is InChI=1S/C9H13ClN4O2S/c10-9-13-12-8(17-9)7(15)11-1-2-14-3-5-16-6-4-14/h1-6H2,(H,11,15). The fourth-order valence-electron chi connectivity index (χ4n) is 1.53. The number of halogens is 1. The second-order valence-corrected chi connectivity index (χ2v) is 5.13. The molecule has 0 bridgehead atoms. The molecule has 17 heavy (non-hydrogen) atoms. The van der Waals surface area contributed by atoms with Crippen LogP contribution < -0.4 is 5.32 Å². The number of morpholine rings is 1. The SMILES string of the molecule is O=C(NCCN1CCOCC1)c1nnc(Cl)s1. The third-order valence-corrected chi connectivity index (χ3v) is 3.43. The summed E-state index contributed by atoms with van der Waals surface area (Å²) >= 11 is 6.68. The van der Waals surface area contributed by atoms with Crippen LogP contribution in [-0.2, 0) is 4.74 Å². The van der Waals surface area contributed by atoms with Crippen molar-refractivity contribution in [1.29, 1.82) is 0 Å². The van der Waals surface area contributed by atoms with Crippen LogP contribution in [0, 0.1) is 0 Å². The lowest BCUT2D eigenvalue weighted by Crippen LogP contribution is -2.41. The van der Waals surface area contributed by atoms with Crippen LogP contribution in [0.25, 0.3) is 0 Å². The molecule has 1 aliphatic rings. The van der Waals surface area contributed by atoms with Crippen molar-refractivity contribution in [3.63, 3.8) is 0 Å². The smallest absolute Gasteiger partial charge is 0.282 e. The molecule has 0 radical (unpaired) electrons. The summed E-state index contributed by atoms with van der Waals surface area (Å²) in [5.41, 5.74) is 0. The minimum Gasteiger partial charge on any atom is -0.379 e. The number of hydrogen-bond acceptors (Lipinski definition) is 6. The van der Waals surface area contributed by atoms with Gasteiger partial charge in [-0.2, -0.15) is 0 Å². The molecule has 1 aromatic rings. The van der Waals surface area contributed by atoms with Gasteiger partial charge in [-0.25, -0.2) is 0 Å². The first-order chi connectivity index (χ1) is 8.25. The summed E-state index contributed by atoms with van der Waals surface area (Å²) < 4.78 is 5.52. The molecule has 0 spiro atoms. The quantitative estimate of drug-likeness (QED) is 0.854. The van der Waals surface area contributed by atoms with Crippen LogP contribution in [0.4, 0.5) is 0 Å². The fourth-order valence-corrected chi connectivity index (χ4v) is 2.27. The zero-order valence-electron chi connectivity index (χ0n) is 9.19. The lowest BCUT2D eigenvalue weighted by molar-refractivity contribution is 0.0383. The van der Waals surface area contributed by atoms with Gasteiger partial charge in [0.25, 0.3) is 5.91 Å². The van der Waals surface area contributed by atoms with Gasteiger partial charge >= 0.3 is 0 Å². The Labute approximate surface area is 108 Å². The summed E-state index contributed by atoms with van der Waals surface area (Å²) in [4.78, 5) is 13.8. The van der Waals surface area contributed by atoms with Gasteiger partial charge in [-0.3, -0.25) is 9.69 Å². The Kier molecular flexibility index (Phi) is 4.66. The van der Waals surface area contributed by atoms with Crippen LogP contribution in [0.1, 0.15) is 9.80 Å². The topological polar surface area (TPSA) is 67.4 Å². The van der Waals surface area contributed by atoms with Gasteiger partial charge in [-0.15, -0.1) is 10.2 Å². The Morgan fingerprint density at radius 3 is 2.88 bits per heavy atom. The molecule has 2 rings (SSSR count). The van der Waals surface area contributed by atoms with Crippen molar-refractivity contribution in [2.24, 2.45) is 0 Å². The first-order valence-electron chi connectivity index (χ1n) is 5.33. The average molecular weight is 277 g/mol. The van der Waals surface area contributed by atoms with Crippen molar-refractivity contribution in [2.45, 2.75) is 0 Å². The highest BCUT2D eigenvalue weighted by Crippen LogP contribution is 2.14. The monoisotopic (exact) mass is 276 g/mol. The van der Waals surface area contributed by atoms with Gasteiger partial charge in [0.1, 0.15) is 0 Å². The molecule has 6 nitrogen and oxygen atoms in total. The van der Waals surface area contributed by atoms with Gasteiger partial charge in [0.2, 0.25) is 9.47 Å². The van der Waals surface area contributed by atoms with Gasteiger partial charge in [0.15, 0.2) is 0 Å². The molecule has 1 saturated heterocycles. The number of amides is 1. The number of nitrogens with zero attached hydrogens (tertiary/aromatic N) is 3. The summed E-state index contributed by atoms with van der Waals surface area (Å²) in [7, 11) is 0. The molecule has 0 unspecified atom stereocenters. The number of aromatic nitrogens is 2. The van der Waals surface area contributed by atoms with Crippen LogP contribution in [0.3, 0.4) is 0 Å². The molecule has 8 heteroatoms. The number of nitrogens with one attached hydrogen (secondary N) is 1. The first kappa shape index (κ1) is 12.7. The van der Waals surface area contributed by atoms with Crippen molar-refractivity contribution < 1.29 is 9.53 Å². The first-order valence-corrected chi connectivity index (χ1v) is 6.52. The average Bonchev–Trinajstić information content (AvgIpc) is 2.77. The number of rotatable bonds is 4. The Morgan fingerprint density at radius 1 is 1.47 bits per heavy atom. The summed E-state index contributed by atoms with van der Waals surface area (Å²) in [5.74, 6) is -0.220. The highest BCUT2D eigenvalue weighted by Gasteiger charge is 2.13. The lowest BCUT2D eigenvalue weighted by atomic mass is 10.4. The zero-order chi connectivity index (χ0) is 12.1. The van der Waals surface area contributed by atoms with E-state index in [1.165, 1.54) is 0 Å². The van der Waals surface area contributed by atoms with E-state index in [-0.39, 0.29) is 10.4 Å². The van der Waals surface area contributed by atoms with E-state index in [0.29, 0.717) is 11.6 Å². The largest absolute Gasteiger partial charge is 0.379 e. The number of carbonyl (C=O) groups is 1. The third kappa shape index (κ3) is 3.88. The van der Waals surface area contributed by atoms with E-state index < -0.39 is 0 Å². The zero-order valence-corrected chi connectivity index (χ0v) is 10.8. The Hall–Kier alpha value is -0.760. The minimum atomic E-state index is -0.220. The van der Waals surface area contributed by atoms with Crippen LogP contribution >= 0.6 is 22.9 Å². The third-order valence-electron chi connectivity index (χ3n) is 2.41. The molecule has 0 atom stereocenters. The second kappa shape index (κ2) is 6.25. The molecule has 1 aromatic heterocycles. The van der Waals surface area contributed by atoms with Crippen molar-refractivity contribution >= 4 is 28.8 Å². The van der Waals surface area contributed by atoms with E-state index >= 15 is 0 Å². The summed E-state index contributed by atoms with van der Waals surface area (Å²) in [6.07, 6.45) is 0. The van der Waals surface area contributed by atoms with Gasteiger partial charge < -0.3 is 10.1 Å². The van der Waals surface area contributed by atoms with Crippen LogP contribution in [0.5, 0.6) is 0 Å². The van der Waals surface area contributed by atoms with E-state index in [1.807, 2.05) is 0 Å². The van der Waals surface area contributed by atoms with Gasteiger partial charge in [0, 0.05) is 26.2 Å². The lowest BCUT2D eigenvalue weighted by Gasteiger charge is -2.26. The maximum Gasteiger partial charge on any atom is 0.282 e. The molecule has 1 N–H and O–H groups in total. The molecule has 2 heterocycles. The van der Waals surface area contributed by atoms with Crippen molar-refractivity contribution in [2.75, 3.05) is 39.4 Å². The fraction of sp³-hybridized carbons (Fsp3) is 0.667. The number of hydrogen-bond donors (Lipinski definition) is 1. The summed E-state index contributed by atoms with van der Waals surface area (Å²) in [6.45, 7) is 4.78. The molecule has 1 amide bonds. The maximum absolute atomic E-state index is 11.6. The molecule has 1 fully saturated rings. The number of ether oxygens (including phenoxy) is 1. The van der Waals surface area contributed by atoms with Crippen LogP contribution in [0.15, 0.2) is 0 Å². The predicted octanol–water partition coefficient (Wildman–Crippen LogP) is 0.254. The van der Waals surface area contributed by atoms with Crippen molar-refractivity contribution in [3.8, 4) is 0 Å². The van der Waals surface area contributed by atoms with Crippen molar-refractivity contribution in [1.82, 2.24) is 20.4 Å². The normalized spacial score (nSPS) is 17.0. The number of carbonyl (C=O) groups excluding carboxylic acids is 1. The minimum absolute atomic E-state index is 0.220. The molecule has 94 valence electrons. The predicted molar refractivity (Wildman–Crippen MR) is 64.5 cm³/mol. The van der Waals surface area contributed by atoms with Gasteiger partial charge in [-0.1, -0.05) is 11.3 Å². The van der Waals surface area contributed by atoms with Crippen molar-refractivity contribution in [3.05, 3.63) is 9.47 Å². The molecule has 0 aromatic carbocycles. The summed E-state index contributed by atoms with van der Waals surface area (Å²) in [5, 5.41) is 10.3. The van der Waals surface area contributed by atoms with E-state index in [4.69, 9.17) is 16.3 Å². The Morgan fingerprint density at radius 2 is 2.24 bits per heavy atom. The van der Waals surface area contributed by atoms with E-state index in [2.05, 4.69) is 20.4 Å². The molecule has 1 aliphatic heterocycles. The molecule has 0 saturated carbocycles. The van der Waals surface area contributed by atoms with E-state index in [0.717, 1.165) is 44.2 Å². The highest BCUT2D eigenvalue weighted by atomic mass is 35.5. The van der Waals surface area contributed by atoms with E-state index in [1.54, 1.807) is 0 Å². The molecule has 0 aliphatic carbocycles. The summed E-state index contributed by atoms with van der Waals surface area (Å²) in [6, 6.07) is 0. The van der Waals surface area contributed by atoms with Crippen LogP contribution in [-0.4, -0.2) is 60.4 Å². The molecular weight excluding hydrogens is 264 g/mol. The Bertz CT molecular complexity index is 381. The highest BCUT2D eigenvalue weighted by molar-refractivity contribution is 7.17. The second-order valence-electron chi connectivity index (χ2n) is 3.57. The van der Waals surface area contributed by atoms with Gasteiger partial charge in [0.05, 0.1) is 13.2 Å². The maximum atomic E-state index is 11.6.